The summed E-state index contributed by atoms with van der Waals surface area (Å²) < 4.78 is 10.7. The number of aromatic nitrogens is 1. The number of nitrogens with zero attached hydrogens (tertiary/aromatic N) is 2. The van der Waals surface area contributed by atoms with Gasteiger partial charge in [-0.3, -0.25) is 4.79 Å². The van der Waals surface area contributed by atoms with E-state index in [1.54, 1.807) is 30.2 Å². The normalized spacial score (nSPS) is 13.6. The fourth-order valence-electron chi connectivity index (χ4n) is 3.24. The summed E-state index contributed by atoms with van der Waals surface area (Å²) in [5.41, 5.74) is 2.67. The Balaban J connectivity index is 1.44. The Kier molecular flexibility index (Phi) is 5.57. The number of para-hydroxylation sites is 1. The molecule has 0 aliphatic carbocycles. The van der Waals surface area contributed by atoms with Crippen LogP contribution >= 0.6 is 11.3 Å². The summed E-state index contributed by atoms with van der Waals surface area (Å²) in [6.45, 7) is 0.703. The molecule has 1 aromatic heterocycles. The van der Waals surface area contributed by atoms with Crippen molar-refractivity contribution < 1.29 is 19.1 Å². The van der Waals surface area contributed by atoms with Gasteiger partial charge in [0.05, 0.1) is 24.1 Å². The Bertz CT molecular complexity index is 1030. The van der Waals surface area contributed by atoms with E-state index < -0.39 is 5.97 Å². The van der Waals surface area contributed by atoms with Crippen molar-refractivity contribution in [3.05, 3.63) is 65.2 Å². The van der Waals surface area contributed by atoms with Crippen LogP contribution in [-0.2, 0) is 16.1 Å². The number of ether oxygens (including phenoxy) is 2. The summed E-state index contributed by atoms with van der Waals surface area (Å²) in [6.07, 6.45) is 1.31. The molecule has 0 N–H and O–H groups in total. The van der Waals surface area contributed by atoms with E-state index in [2.05, 4.69) is 4.98 Å². The molecule has 0 atom stereocenters. The molecule has 6 nitrogen and oxygen atoms in total. The minimum Gasteiger partial charge on any atom is -0.497 e. The summed E-state index contributed by atoms with van der Waals surface area (Å²) >= 11 is 1.49. The van der Waals surface area contributed by atoms with E-state index in [-0.39, 0.29) is 12.5 Å². The van der Waals surface area contributed by atoms with E-state index in [0.717, 1.165) is 22.7 Å². The molecule has 0 spiro atoms. The molecule has 1 aliphatic rings. The van der Waals surface area contributed by atoms with Crippen molar-refractivity contribution >= 4 is 28.9 Å². The van der Waals surface area contributed by atoms with Gasteiger partial charge < -0.3 is 14.4 Å². The highest BCUT2D eigenvalue weighted by molar-refractivity contribution is 7.13. The van der Waals surface area contributed by atoms with E-state index >= 15 is 0 Å². The number of carbonyl (C=O) groups is 2. The van der Waals surface area contributed by atoms with Gasteiger partial charge in [-0.15, -0.1) is 11.3 Å². The third kappa shape index (κ3) is 4.14. The van der Waals surface area contributed by atoms with Crippen molar-refractivity contribution in [2.45, 2.75) is 19.4 Å². The summed E-state index contributed by atoms with van der Waals surface area (Å²) in [4.78, 5) is 30.9. The Labute approximate surface area is 172 Å². The Hall–Kier alpha value is -3.19. The maximum absolute atomic E-state index is 12.7. The molecule has 4 rings (SSSR count). The van der Waals surface area contributed by atoms with Crippen LogP contribution in [0.15, 0.2) is 53.9 Å². The lowest BCUT2D eigenvalue weighted by molar-refractivity contribution is -0.117. The van der Waals surface area contributed by atoms with Crippen LogP contribution in [0.1, 0.15) is 28.9 Å². The first-order chi connectivity index (χ1) is 14.2. The first-order valence-electron chi connectivity index (χ1n) is 9.31. The average molecular weight is 408 g/mol. The summed E-state index contributed by atoms with van der Waals surface area (Å²) in [7, 11) is 1.63. The largest absolute Gasteiger partial charge is 0.497 e. The van der Waals surface area contributed by atoms with E-state index in [4.69, 9.17) is 9.47 Å². The molecule has 3 aromatic rings. The zero-order valence-corrected chi connectivity index (χ0v) is 16.8. The van der Waals surface area contributed by atoms with E-state index in [9.17, 15) is 9.59 Å². The molecule has 148 valence electrons. The molecule has 29 heavy (non-hydrogen) atoms. The third-order valence-electron chi connectivity index (χ3n) is 4.73. The number of benzene rings is 2. The smallest absolute Gasteiger partial charge is 0.340 e. The van der Waals surface area contributed by atoms with Crippen LogP contribution < -0.4 is 9.64 Å². The maximum atomic E-state index is 12.7. The zero-order chi connectivity index (χ0) is 20.2. The van der Waals surface area contributed by atoms with Gasteiger partial charge >= 0.3 is 5.97 Å². The molecule has 0 saturated carbocycles. The first kappa shape index (κ1) is 19.1. The lowest BCUT2D eigenvalue weighted by Gasteiger charge is -2.18. The SMILES string of the molecule is COc1ccc(-c2nc(COC(=O)c3ccccc3N3CCCC3=O)cs2)cc1. The molecular formula is C22H20N2O4S. The molecular weight excluding hydrogens is 388 g/mol. The predicted octanol–water partition coefficient (Wildman–Crippen LogP) is 4.30. The zero-order valence-electron chi connectivity index (χ0n) is 16.0. The van der Waals surface area contributed by atoms with Crippen molar-refractivity contribution in [2.24, 2.45) is 0 Å². The lowest BCUT2D eigenvalue weighted by atomic mass is 10.1. The maximum Gasteiger partial charge on any atom is 0.340 e. The minimum atomic E-state index is -0.459. The first-order valence-corrected chi connectivity index (χ1v) is 10.2. The van der Waals surface area contributed by atoms with Crippen molar-refractivity contribution in [3.63, 3.8) is 0 Å². The van der Waals surface area contributed by atoms with Crippen LogP contribution in [0.2, 0.25) is 0 Å². The number of esters is 1. The van der Waals surface area contributed by atoms with Crippen LogP contribution in [-0.4, -0.2) is 30.5 Å². The number of hydrogen-bond donors (Lipinski definition) is 0. The Morgan fingerprint density at radius 2 is 1.97 bits per heavy atom. The van der Waals surface area contributed by atoms with Crippen LogP contribution in [0.3, 0.4) is 0 Å². The highest BCUT2D eigenvalue weighted by Crippen LogP contribution is 2.28. The topological polar surface area (TPSA) is 68.7 Å². The summed E-state index contributed by atoms with van der Waals surface area (Å²) in [6, 6.07) is 14.7. The second-order valence-electron chi connectivity index (χ2n) is 6.61. The highest BCUT2D eigenvalue weighted by Gasteiger charge is 2.26. The number of methoxy groups -OCH3 is 1. The third-order valence-corrected chi connectivity index (χ3v) is 5.67. The van der Waals surface area contributed by atoms with Crippen molar-refractivity contribution in [3.8, 4) is 16.3 Å². The van der Waals surface area contributed by atoms with Crippen molar-refractivity contribution in [1.82, 2.24) is 4.98 Å². The quantitative estimate of drug-likeness (QED) is 0.569. The summed E-state index contributed by atoms with van der Waals surface area (Å²) in [5, 5.41) is 2.73. The second-order valence-corrected chi connectivity index (χ2v) is 7.47. The monoisotopic (exact) mass is 408 g/mol. The van der Waals surface area contributed by atoms with Gasteiger partial charge in [-0.1, -0.05) is 12.1 Å². The number of hydrogen-bond acceptors (Lipinski definition) is 6. The minimum absolute atomic E-state index is 0.0360. The van der Waals surface area contributed by atoms with Crippen LogP contribution in [0.25, 0.3) is 10.6 Å². The fourth-order valence-corrected chi connectivity index (χ4v) is 4.05. The molecule has 0 bridgehead atoms. The van der Waals surface area contributed by atoms with Crippen LogP contribution in [0.5, 0.6) is 5.75 Å². The number of rotatable bonds is 6. The second kappa shape index (κ2) is 8.45. The molecule has 0 unspecified atom stereocenters. The lowest BCUT2D eigenvalue weighted by Crippen LogP contribution is -2.26. The highest BCUT2D eigenvalue weighted by atomic mass is 32.1. The van der Waals surface area contributed by atoms with Crippen molar-refractivity contribution in [2.75, 3.05) is 18.6 Å². The van der Waals surface area contributed by atoms with E-state index in [0.29, 0.717) is 29.9 Å². The van der Waals surface area contributed by atoms with Gasteiger partial charge in [0.1, 0.15) is 17.4 Å². The molecule has 1 fully saturated rings. The molecule has 2 aromatic carbocycles. The average Bonchev–Trinajstić information content (AvgIpc) is 3.41. The molecule has 1 aliphatic heterocycles. The van der Waals surface area contributed by atoms with E-state index in [1.807, 2.05) is 35.7 Å². The van der Waals surface area contributed by atoms with E-state index in [1.165, 1.54) is 11.3 Å². The van der Waals surface area contributed by atoms with Gasteiger partial charge in [-0.25, -0.2) is 9.78 Å². The summed E-state index contributed by atoms with van der Waals surface area (Å²) in [5.74, 6) is 0.364. The standard InChI is InChI=1S/C22H20N2O4S/c1-27-17-10-8-15(9-11-17)21-23-16(14-29-21)13-28-22(26)18-5-2-3-6-19(18)24-12-4-7-20(24)25/h2-3,5-6,8-11,14H,4,7,12-13H2,1H3. The fraction of sp³-hybridized carbons (Fsp3) is 0.227. The molecule has 7 heteroatoms. The van der Waals surface area contributed by atoms with Crippen molar-refractivity contribution in [1.29, 1.82) is 0 Å². The predicted molar refractivity (Wildman–Crippen MR) is 111 cm³/mol. The van der Waals surface area contributed by atoms with Gasteiger partial charge in [0.25, 0.3) is 0 Å². The van der Waals surface area contributed by atoms with Crippen LogP contribution in [0.4, 0.5) is 5.69 Å². The molecule has 2 heterocycles. The molecule has 0 radical (unpaired) electrons. The molecule has 1 amide bonds. The number of amides is 1. The Morgan fingerprint density at radius 3 is 2.69 bits per heavy atom. The Morgan fingerprint density at radius 1 is 1.17 bits per heavy atom. The number of carbonyl (C=O) groups excluding carboxylic acids is 2. The van der Waals surface area contributed by atoms with Gasteiger partial charge in [0.2, 0.25) is 5.91 Å². The number of anilines is 1. The van der Waals surface area contributed by atoms with Gasteiger partial charge in [0.15, 0.2) is 0 Å². The van der Waals surface area contributed by atoms with Gasteiger partial charge in [-0.05, 0) is 42.8 Å². The van der Waals surface area contributed by atoms with Crippen LogP contribution in [0, 0.1) is 0 Å². The number of thiazole rings is 1. The van der Waals surface area contributed by atoms with Gasteiger partial charge in [0, 0.05) is 23.9 Å². The van der Waals surface area contributed by atoms with Gasteiger partial charge in [-0.2, -0.15) is 0 Å². The molecule has 1 saturated heterocycles.